The van der Waals surface area contributed by atoms with Gasteiger partial charge in [0.15, 0.2) is 0 Å². The Morgan fingerprint density at radius 1 is 0.918 bits per heavy atom. The van der Waals surface area contributed by atoms with E-state index in [1.807, 2.05) is 13.0 Å². The fourth-order valence-electron chi connectivity index (χ4n) is 7.15. The van der Waals surface area contributed by atoms with Crippen LogP contribution in [0.3, 0.4) is 0 Å². The molecule has 2 atom stereocenters. The highest BCUT2D eigenvalue weighted by Crippen LogP contribution is 2.35. The number of alkyl halides is 3. The minimum atomic E-state index is -4.68. The van der Waals surface area contributed by atoms with Crippen molar-refractivity contribution < 1.29 is 59.7 Å². The van der Waals surface area contributed by atoms with Gasteiger partial charge in [0.1, 0.15) is 48.0 Å². The van der Waals surface area contributed by atoms with Gasteiger partial charge in [-0.05, 0) is 73.9 Å². The topological polar surface area (TPSA) is 196 Å². The Labute approximate surface area is 350 Å². The van der Waals surface area contributed by atoms with Gasteiger partial charge in [-0.15, -0.1) is 0 Å². The number of halogens is 3. The molecule has 0 spiro atoms. The van der Waals surface area contributed by atoms with Gasteiger partial charge in [0, 0.05) is 38.3 Å². The van der Waals surface area contributed by atoms with Gasteiger partial charge in [0.25, 0.3) is 11.8 Å². The number of ether oxygens (including phenoxy) is 4. The highest BCUT2D eigenvalue weighted by Gasteiger charge is 2.44. The molecule has 20 heteroatoms. The highest BCUT2D eigenvalue weighted by atomic mass is 32.2. The van der Waals surface area contributed by atoms with Crippen LogP contribution < -0.4 is 20.1 Å². The minimum absolute atomic E-state index is 0.0330. The fourth-order valence-corrected chi connectivity index (χ4v) is 7.73. The maximum Gasteiger partial charge on any atom is 0.421 e. The number of carbonyl (C=O) groups excluding carboxylic acids is 4. The van der Waals surface area contributed by atoms with E-state index in [9.17, 15) is 40.8 Å². The van der Waals surface area contributed by atoms with Gasteiger partial charge in [-0.3, -0.25) is 33.7 Å². The molecule has 2 aromatic carbocycles. The minimum Gasteiger partial charge on any atom is -0.491 e. The molecule has 1 fully saturated rings. The smallest absolute Gasteiger partial charge is 0.421 e. The molecular weight excluding hydrogens is 826 g/mol. The third kappa shape index (κ3) is 11.4. The van der Waals surface area contributed by atoms with Crippen molar-refractivity contribution in [3.05, 3.63) is 88.0 Å². The van der Waals surface area contributed by atoms with Gasteiger partial charge in [-0.25, -0.2) is 18.4 Å². The Morgan fingerprint density at radius 3 is 2.31 bits per heavy atom. The number of allylic oxidation sites excluding steroid dienone is 1. The summed E-state index contributed by atoms with van der Waals surface area (Å²) in [6.07, 6.45) is 1.22. The molecule has 16 nitrogen and oxygen atoms in total. The number of anilines is 1. The van der Waals surface area contributed by atoms with Crippen LogP contribution in [-0.2, 0) is 41.7 Å². The van der Waals surface area contributed by atoms with Crippen molar-refractivity contribution in [1.29, 1.82) is 0 Å². The molecule has 1 aliphatic carbocycles. The van der Waals surface area contributed by atoms with Gasteiger partial charge in [-0.1, -0.05) is 18.2 Å². The van der Waals surface area contributed by atoms with Crippen LogP contribution >= 0.6 is 0 Å². The van der Waals surface area contributed by atoms with Crippen molar-refractivity contribution in [2.24, 2.45) is 5.92 Å². The van der Waals surface area contributed by atoms with E-state index in [1.54, 1.807) is 24.3 Å². The lowest BCUT2D eigenvalue weighted by molar-refractivity contribution is -0.138. The Bertz CT molecular complexity index is 2290. The molecule has 3 aromatic rings. The average Bonchev–Trinajstić information content (AvgIpc) is 3.45. The van der Waals surface area contributed by atoms with E-state index in [0.29, 0.717) is 36.5 Å². The van der Waals surface area contributed by atoms with Gasteiger partial charge >= 0.3 is 6.18 Å². The van der Waals surface area contributed by atoms with Gasteiger partial charge in [-0.2, -0.15) is 13.2 Å². The number of carbonyl (C=O) groups is 4. The van der Waals surface area contributed by atoms with E-state index in [2.05, 4.69) is 20.6 Å². The molecule has 0 saturated carbocycles. The maximum absolute atomic E-state index is 13.9. The normalized spacial score (nSPS) is 18.1. The summed E-state index contributed by atoms with van der Waals surface area (Å²) in [5.41, 5.74) is 1.48. The monoisotopic (exact) mass is 872 g/mol. The number of nitrogens with zero attached hydrogens (tertiary/aromatic N) is 4. The second kappa shape index (κ2) is 19.4. The van der Waals surface area contributed by atoms with Crippen LogP contribution in [0.2, 0.25) is 0 Å². The quantitative estimate of drug-likeness (QED) is 0.128. The van der Waals surface area contributed by atoms with E-state index in [-0.39, 0.29) is 94.1 Å². The van der Waals surface area contributed by atoms with Crippen molar-refractivity contribution in [3.63, 3.8) is 0 Å². The number of nitrogens with one attached hydrogen (secondary N) is 2. The van der Waals surface area contributed by atoms with Crippen LogP contribution in [0, 0.1) is 12.8 Å². The molecule has 3 heterocycles. The van der Waals surface area contributed by atoms with Gasteiger partial charge in [0.05, 0.1) is 43.8 Å². The Hall–Kier alpha value is -5.60. The Morgan fingerprint density at radius 2 is 1.62 bits per heavy atom. The predicted molar refractivity (Wildman–Crippen MR) is 213 cm³/mol. The summed E-state index contributed by atoms with van der Waals surface area (Å²) >= 11 is 0. The first-order chi connectivity index (χ1) is 29.0. The van der Waals surface area contributed by atoms with Gasteiger partial charge in [0.2, 0.25) is 21.8 Å². The van der Waals surface area contributed by atoms with Crippen LogP contribution in [0.25, 0.3) is 0 Å². The molecule has 61 heavy (non-hydrogen) atoms. The first kappa shape index (κ1) is 44.9. The lowest BCUT2D eigenvalue weighted by Crippen LogP contribution is -2.54. The number of rotatable bonds is 19. The maximum atomic E-state index is 13.9. The van der Waals surface area contributed by atoms with E-state index >= 15 is 0 Å². The van der Waals surface area contributed by atoms with Crippen molar-refractivity contribution in [2.75, 3.05) is 64.8 Å². The lowest BCUT2D eigenvalue weighted by Gasteiger charge is -2.27. The number of benzene rings is 2. The lowest BCUT2D eigenvalue weighted by atomic mass is 9.93. The van der Waals surface area contributed by atoms with Gasteiger partial charge < -0.3 is 24.3 Å². The highest BCUT2D eigenvalue weighted by molar-refractivity contribution is 7.88. The Kier molecular flexibility index (Phi) is 14.3. The molecular formula is C41H47F3N6O10S. The average molecular weight is 873 g/mol. The predicted octanol–water partition coefficient (Wildman–Crippen LogP) is 4.27. The van der Waals surface area contributed by atoms with E-state index in [0.717, 1.165) is 28.5 Å². The SMILES string of the molecule is Cc1cc(Cc2ncc(C(F)(F)F)c(NCC3C=C(N(C)S(C)(=O)=O)CCC3)n2)ccc1OCCOCCOCCOc1ccc2c(c1)C(=O)N(C1CCC(=O)NC1=O)C2=O. The number of hydrogen-bond donors (Lipinski definition) is 2. The molecule has 2 aliphatic heterocycles. The summed E-state index contributed by atoms with van der Waals surface area (Å²) < 4.78 is 89.6. The first-order valence-electron chi connectivity index (χ1n) is 19.7. The van der Waals surface area contributed by atoms with Crippen molar-refractivity contribution >= 4 is 39.5 Å². The van der Waals surface area contributed by atoms with Crippen LogP contribution in [0.15, 0.2) is 54.4 Å². The van der Waals surface area contributed by atoms with E-state index in [1.165, 1.54) is 23.5 Å². The van der Waals surface area contributed by atoms with Crippen LogP contribution in [0.1, 0.15) is 75.3 Å². The summed E-state index contributed by atoms with van der Waals surface area (Å²) in [7, 11) is -1.99. The summed E-state index contributed by atoms with van der Waals surface area (Å²) in [6, 6.07) is 8.82. The van der Waals surface area contributed by atoms with E-state index in [4.69, 9.17) is 18.9 Å². The number of aryl methyl sites for hydroxylation is 1. The second-order valence-corrected chi connectivity index (χ2v) is 16.8. The number of fused-ring (bicyclic) bond motifs is 1. The summed E-state index contributed by atoms with van der Waals surface area (Å²) in [6.45, 7) is 3.47. The molecule has 0 bridgehead atoms. The third-order valence-corrected chi connectivity index (χ3v) is 11.6. The van der Waals surface area contributed by atoms with Crippen molar-refractivity contribution in [1.82, 2.24) is 24.5 Å². The van der Waals surface area contributed by atoms with E-state index < -0.39 is 51.4 Å². The van der Waals surface area contributed by atoms with Crippen LogP contribution in [0.5, 0.6) is 11.5 Å². The molecule has 1 saturated heterocycles. The Balaban J connectivity index is 0.895. The van der Waals surface area contributed by atoms with Crippen molar-refractivity contribution in [2.45, 2.75) is 57.7 Å². The molecule has 4 amide bonds. The summed E-state index contributed by atoms with van der Waals surface area (Å²) in [5.74, 6) is -1.71. The second-order valence-electron chi connectivity index (χ2n) is 14.8. The zero-order valence-electron chi connectivity index (χ0n) is 33.9. The fraction of sp³-hybridized carbons (Fsp3) is 0.463. The molecule has 2 unspecified atom stereocenters. The summed E-state index contributed by atoms with van der Waals surface area (Å²) in [5, 5.41) is 5.01. The molecule has 6 rings (SSSR count). The largest absolute Gasteiger partial charge is 0.491 e. The number of imide groups is 2. The third-order valence-electron chi connectivity index (χ3n) is 10.4. The van der Waals surface area contributed by atoms with Crippen LogP contribution in [0.4, 0.5) is 19.0 Å². The van der Waals surface area contributed by atoms with Crippen molar-refractivity contribution in [3.8, 4) is 11.5 Å². The molecule has 328 valence electrons. The van der Waals surface area contributed by atoms with Crippen LogP contribution in [-0.4, -0.2) is 117 Å². The number of sulfonamides is 1. The summed E-state index contributed by atoms with van der Waals surface area (Å²) in [4.78, 5) is 58.8. The first-order valence-corrected chi connectivity index (χ1v) is 21.5. The molecule has 1 aromatic heterocycles. The zero-order chi connectivity index (χ0) is 43.9. The molecule has 2 N–H and O–H groups in total. The number of amides is 4. The standard InChI is InChI=1S/C41H47F3N6O10S/c1-25-19-26(21-35-45-24-32(41(42,43)44)37(47-35)46-23-27-5-4-6-28(20-27)49(2)61(3,55)56)7-11-34(25)60-18-16-58-14-13-57-15-17-59-29-8-9-30-31(22-29)40(54)50(39(30)53)33-10-12-36(51)48-38(33)52/h7-9,11,19-20,22,24,27,33H,4-6,10,12-18,21,23H2,1-3H3,(H,45,46,47)(H,48,51,52). The molecule has 0 radical (unpaired) electrons. The molecule has 3 aliphatic rings. The number of aromatic nitrogens is 2. The number of piperidine rings is 1. The zero-order valence-corrected chi connectivity index (χ0v) is 34.7. The number of hydrogen-bond acceptors (Lipinski definition) is 13.